The molecule has 2 N–H and O–H groups in total. The molecule has 0 aromatic heterocycles. The number of nitrogens with two attached hydrogens (primary N) is 1. The highest BCUT2D eigenvalue weighted by atomic mass is 32.2. The van der Waals surface area contributed by atoms with Crippen LogP contribution in [-0.4, -0.2) is 61.6 Å². The van der Waals surface area contributed by atoms with E-state index in [1.807, 2.05) is 7.05 Å². The number of piperazine rings is 1. The Morgan fingerprint density at radius 1 is 1.36 bits per heavy atom. The Balaban J connectivity index is 2.60. The van der Waals surface area contributed by atoms with Crippen molar-refractivity contribution >= 4 is 27.2 Å². The summed E-state index contributed by atoms with van der Waals surface area (Å²) >= 11 is 4.60. The van der Waals surface area contributed by atoms with E-state index in [0.717, 1.165) is 13.1 Å². The predicted octanol–water partition coefficient (Wildman–Crippen LogP) is -1.15. The van der Waals surface area contributed by atoms with Gasteiger partial charge in [0.25, 0.3) is 0 Å². The fourth-order valence-corrected chi connectivity index (χ4v) is 3.05. The molecule has 1 heterocycles. The van der Waals surface area contributed by atoms with Gasteiger partial charge < -0.3 is 10.6 Å². The highest BCUT2D eigenvalue weighted by molar-refractivity contribution is 7.92. The van der Waals surface area contributed by atoms with Crippen LogP contribution in [0, 0.1) is 0 Å². The van der Waals surface area contributed by atoms with Gasteiger partial charge >= 0.3 is 0 Å². The van der Waals surface area contributed by atoms with Crippen LogP contribution in [0.15, 0.2) is 0 Å². The number of hydrogen-bond donors (Lipinski definition) is 1. The van der Waals surface area contributed by atoms with Crippen LogP contribution in [0.2, 0.25) is 0 Å². The summed E-state index contributed by atoms with van der Waals surface area (Å²) in [4.78, 5) is 2.12. The summed E-state index contributed by atoms with van der Waals surface area (Å²) in [6.45, 7) is 2.58. The largest absolute Gasteiger partial charge is 0.392 e. The van der Waals surface area contributed by atoms with E-state index in [9.17, 15) is 8.42 Å². The lowest BCUT2D eigenvalue weighted by Gasteiger charge is -2.31. The molecule has 14 heavy (non-hydrogen) atoms. The molecule has 5 nitrogen and oxygen atoms in total. The van der Waals surface area contributed by atoms with Crippen LogP contribution in [0.1, 0.15) is 0 Å². The zero-order valence-corrected chi connectivity index (χ0v) is 9.77. The van der Waals surface area contributed by atoms with Crippen LogP contribution in [0.3, 0.4) is 0 Å². The Morgan fingerprint density at radius 3 is 2.29 bits per heavy atom. The van der Waals surface area contributed by atoms with Gasteiger partial charge in [-0.3, -0.25) is 0 Å². The molecule has 1 fully saturated rings. The van der Waals surface area contributed by atoms with Gasteiger partial charge in [0.2, 0.25) is 10.0 Å². The summed E-state index contributed by atoms with van der Waals surface area (Å²) in [6.07, 6.45) is 0. The molecule has 1 rings (SSSR count). The molecule has 0 aromatic carbocycles. The molecule has 0 aliphatic carbocycles. The maximum absolute atomic E-state index is 11.6. The van der Waals surface area contributed by atoms with Gasteiger partial charge in [-0.25, -0.2) is 8.42 Å². The normalized spacial score (nSPS) is 20.9. The first-order valence-electron chi connectivity index (χ1n) is 4.36. The minimum atomic E-state index is -3.27. The zero-order valence-electron chi connectivity index (χ0n) is 8.14. The van der Waals surface area contributed by atoms with Gasteiger partial charge in [-0.05, 0) is 7.05 Å². The molecular formula is C7H15N3O2S2. The SMILES string of the molecule is CN1CCN(S(=O)(=O)CC(N)=S)CC1. The summed E-state index contributed by atoms with van der Waals surface area (Å²) < 4.78 is 24.7. The molecular weight excluding hydrogens is 222 g/mol. The van der Waals surface area contributed by atoms with E-state index >= 15 is 0 Å². The van der Waals surface area contributed by atoms with Crippen molar-refractivity contribution < 1.29 is 8.42 Å². The third kappa shape index (κ3) is 3.16. The van der Waals surface area contributed by atoms with Crippen molar-refractivity contribution in [2.24, 2.45) is 5.73 Å². The molecule has 0 bridgehead atoms. The Kier molecular flexibility index (Phi) is 3.82. The molecule has 7 heteroatoms. The van der Waals surface area contributed by atoms with Gasteiger partial charge in [0.15, 0.2) is 0 Å². The van der Waals surface area contributed by atoms with Crippen LogP contribution < -0.4 is 5.73 Å². The average Bonchev–Trinajstić information content (AvgIpc) is 2.02. The molecule has 0 aromatic rings. The monoisotopic (exact) mass is 237 g/mol. The van der Waals surface area contributed by atoms with Gasteiger partial charge in [-0.2, -0.15) is 4.31 Å². The van der Waals surface area contributed by atoms with Gasteiger partial charge in [0.05, 0.1) is 4.99 Å². The number of sulfonamides is 1. The van der Waals surface area contributed by atoms with Gasteiger partial charge in [0, 0.05) is 26.2 Å². The molecule has 0 spiro atoms. The van der Waals surface area contributed by atoms with Crippen LogP contribution in [0.4, 0.5) is 0 Å². The summed E-state index contributed by atoms with van der Waals surface area (Å²) in [7, 11) is -1.30. The van der Waals surface area contributed by atoms with Crippen LogP contribution >= 0.6 is 12.2 Å². The standard InChI is InChI=1S/C7H15N3O2S2/c1-9-2-4-10(5-3-9)14(11,12)6-7(8)13/h2-6H2,1H3,(H2,8,13). The highest BCUT2D eigenvalue weighted by Gasteiger charge is 2.25. The molecule has 0 atom stereocenters. The lowest BCUT2D eigenvalue weighted by molar-refractivity contribution is 0.223. The first-order chi connectivity index (χ1) is 6.42. The van der Waals surface area contributed by atoms with Crippen molar-refractivity contribution in [2.45, 2.75) is 0 Å². The molecule has 1 aliphatic heterocycles. The van der Waals surface area contributed by atoms with Crippen LogP contribution in [0.5, 0.6) is 0 Å². The molecule has 0 amide bonds. The average molecular weight is 237 g/mol. The molecule has 82 valence electrons. The van der Waals surface area contributed by atoms with E-state index in [1.165, 1.54) is 4.31 Å². The third-order valence-electron chi connectivity index (χ3n) is 2.18. The number of thiocarbonyl (C=S) groups is 1. The molecule has 1 aliphatic rings. The fraction of sp³-hybridized carbons (Fsp3) is 0.857. The minimum absolute atomic E-state index is 0.0314. The van der Waals surface area contributed by atoms with Gasteiger partial charge in [-0.1, -0.05) is 12.2 Å². The first kappa shape index (κ1) is 11.8. The minimum Gasteiger partial charge on any atom is -0.392 e. The van der Waals surface area contributed by atoms with E-state index in [0.29, 0.717) is 13.1 Å². The maximum Gasteiger partial charge on any atom is 0.220 e. The van der Waals surface area contributed by atoms with Crippen molar-refractivity contribution in [2.75, 3.05) is 39.0 Å². The van der Waals surface area contributed by atoms with E-state index in [1.54, 1.807) is 0 Å². The Hall–Kier alpha value is -0.240. The van der Waals surface area contributed by atoms with E-state index in [-0.39, 0.29) is 10.7 Å². The third-order valence-corrected chi connectivity index (χ3v) is 4.34. The second-order valence-electron chi connectivity index (χ2n) is 3.42. The summed E-state index contributed by atoms with van der Waals surface area (Å²) in [5, 5.41) is 0. The summed E-state index contributed by atoms with van der Waals surface area (Å²) in [5.74, 6) is -0.216. The van der Waals surface area contributed by atoms with Crippen molar-refractivity contribution in [1.29, 1.82) is 0 Å². The fourth-order valence-electron chi connectivity index (χ4n) is 1.34. The van der Waals surface area contributed by atoms with Gasteiger partial charge in [-0.15, -0.1) is 0 Å². The maximum atomic E-state index is 11.6. The predicted molar refractivity (Wildman–Crippen MR) is 59.6 cm³/mol. The Labute approximate surface area is 89.9 Å². The number of rotatable bonds is 3. The van der Waals surface area contributed by atoms with Crippen molar-refractivity contribution in [3.8, 4) is 0 Å². The smallest absolute Gasteiger partial charge is 0.220 e. The highest BCUT2D eigenvalue weighted by Crippen LogP contribution is 2.06. The first-order valence-corrected chi connectivity index (χ1v) is 6.38. The van der Waals surface area contributed by atoms with E-state index in [4.69, 9.17) is 5.73 Å². The van der Waals surface area contributed by atoms with Crippen molar-refractivity contribution in [3.63, 3.8) is 0 Å². The van der Waals surface area contributed by atoms with Gasteiger partial charge in [0.1, 0.15) is 5.75 Å². The number of nitrogens with zero attached hydrogens (tertiary/aromatic N) is 2. The van der Waals surface area contributed by atoms with Crippen LogP contribution in [0.25, 0.3) is 0 Å². The van der Waals surface area contributed by atoms with Crippen molar-refractivity contribution in [3.05, 3.63) is 0 Å². The Bertz CT molecular complexity index is 307. The molecule has 0 saturated carbocycles. The summed E-state index contributed by atoms with van der Waals surface area (Å²) in [6, 6.07) is 0. The second-order valence-corrected chi connectivity index (χ2v) is 5.92. The van der Waals surface area contributed by atoms with Crippen molar-refractivity contribution in [1.82, 2.24) is 9.21 Å². The van der Waals surface area contributed by atoms with E-state index < -0.39 is 10.0 Å². The molecule has 0 unspecified atom stereocenters. The lowest BCUT2D eigenvalue weighted by Crippen LogP contribution is -2.48. The van der Waals surface area contributed by atoms with Crippen LogP contribution in [-0.2, 0) is 10.0 Å². The molecule has 0 radical (unpaired) electrons. The second kappa shape index (κ2) is 4.52. The quantitative estimate of drug-likeness (QED) is 0.628. The topological polar surface area (TPSA) is 66.6 Å². The number of likely N-dealkylation sites (N-methyl/N-ethyl adjacent to an activating group) is 1. The summed E-state index contributed by atoms with van der Waals surface area (Å²) in [5.41, 5.74) is 5.23. The number of hydrogen-bond acceptors (Lipinski definition) is 4. The molecule has 1 saturated heterocycles. The zero-order chi connectivity index (χ0) is 10.8. The Morgan fingerprint density at radius 2 is 1.86 bits per heavy atom. The lowest BCUT2D eigenvalue weighted by atomic mass is 10.4. The van der Waals surface area contributed by atoms with E-state index in [2.05, 4.69) is 17.1 Å².